The molecule has 8 rings (SSSR count). The minimum absolute atomic E-state index is 0.0273. The van der Waals surface area contributed by atoms with E-state index in [9.17, 15) is 15.9 Å². The van der Waals surface area contributed by atoms with Crippen molar-refractivity contribution in [1.29, 1.82) is 0 Å². The van der Waals surface area contributed by atoms with Crippen LogP contribution in [0.2, 0.25) is 0 Å². The van der Waals surface area contributed by atoms with Gasteiger partial charge in [-0.2, -0.15) is 0 Å². The summed E-state index contributed by atoms with van der Waals surface area (Å²) >= 11 is 0. The standard InChI is InChI=1S/C58H68N6O13/c1-6-45-50(69-32-39-19-11-7-12-20-39)51(70-33-40-21-13-8-14-22-40)48(62-64-60)57(74-45)76-53-52(71-34-41-23-15-9-16-24-41)55(72-35-42-25-17-10-18-26-42)58(77-54(53)56(65)67-5)75-49-37(2)47(61-63-59)38(3)73-46(49)36-68-31-43-27-29-44(66-4)30-28-43/h7-30,37-38,45-55,57-58H,6,31-36H2,1-5H3/t37?,38-,45?,46?,47+,48?,49+,50-,51+,52-,53+,54?,55?,57-,58+/m0/s1. The van der Waals surface area contributed by atoms with Crippen molar-refractivity contribution in [1.82, 2.24) is 0 Å². The predicted molar refractivity (Wildman–Crippen MR) is 281 cm³/mol. The maximum absolute atomic E-state index is 14.5. The van der Waals surface area contributed by atoms with Crippen molar-refractivity contribution in [3.05, 3.63) is 194 Å². The topological polar surface area (TPSA) is 225 Å². The third-order valence-electron chi connectivity index (χ3n) is 14.0. The summed E-state index contributed by atoms with van der Waals surface area (Å²) in [4.78, 5) is 20.9. The van der Waals surface area contributed by atoms with Gasteiger partial charge in [-0.3, -0.25) is 0 Å². The van der Waals surface area contributed by atoms with Crippen molar-refractivity contribution >= 4 is 5.97 Å². The Morgan fingerprint density at radius 2 is 1.00 bits per heavy atom. The molecule has 3 saturated heterocycles. The molecule has 0 N–H and O–H groups in total. The van der Waals surface area contributed by atoms with E-state index in [2.05, 4.69) is 20.1 Å². The van der Waals surface area contributed by atoms with E-state index in [-0.39, 0.29) is 39.6 Å². The van der Waals surface area contributed by atoms with Gasteiger partial charge in [0.2, 0.25) is 0 Å². The van der Waals surface area contributed by atoms with Crippen molar-refractivity contribution in [2.45, 2.75) is 146 Å². The molecule has 3 fully saturated rings. The summed E-state index contributed by atoms with van der Waals surface area (Å²) in [6.07, 6.45) is -12.1. The monoisotopic (exact) mass is 1060 g/mol. The molecule has 19 nitrogen and oxygen atoms in total. The Bertz CT molecular complexity index is 2650. The van der Waals surface area contributed by atoms with Crippen LogP contribution in [0.15, 0.2) is 156 Å². The molecule has 5 aromatic carbocycles. The average molecular weight is 1060 g/mol. The summed E-state index contributed by atoms with van der Waals surface area (Å²) in [6, 6.07) is 44.0. The van der Waals surface area contributed by atoms with Gasteiger partial charge in [0.1, 0.15) is 48.4 Å². The van der Waals surface area contributed by atoms with E-state index in [0.717, 1.165) is 27.8 Å². The van der Waals surface area contributed by atoms with E-state index in [1.807, 2.05) is 166 Å². The lowest BCUT2D eigenvalue weighted by Crippen LogP contribution is -2.67. The van der Waals surface area contributed by atoms with Gasteiger partial charge in [-0.1, -0.05) is 158 Å². The largest absolute Gasteiger partial charge is 0.497 e. The highest BCUT2D eigenvalue weighted by molar-refractivity contribution is 5.75. The van der Waals surface area contributed by atoms with Crippen LogP contribution in [0.1, 0.15) is 55.0 Å². The number of methoxy groups -OCH3 is 2. The molecule has 5 aromatic rings. The zero-order chi connectivity index (χ0) is 53.9. The van der Waals surface area contributed by atoms with Gasteiger partial charge in [0, 0.05) is 9.82 Å². The lowest BCUT2D eigenvalue weighted by Gasteiger charge is -2.50. The molecular weight excluding hydrogens is 989 g/mol. The van der Waals surface area contributed by atoms with Crippen LogP contribution >= 0.6 is 0 Å². The number of nitrogens with zero attached hydrogens (tertiary/aromatic N) is 6. The first kappa shape index (κ1) is 56.8. The summed E-state index contributed by atoms with van der Waals surface area (Å²) < 4.78 is 78.8. The van der Waals surface area contributed by atoms with E-state index < -0.39 is 97.6 Å². The maximum atomic E-state index is 14.5. The molecule has 0 bridgehead atoms. The van der Waals surface area contributed by atoms with Crippen LogP contribution in [0.3, 0.4) is 0 Å². The Morgan fingerprint density at radius 3 is 1.51 bits per heavy atom. The van der Waals surface area contributed by atoms with Gasteiger partial charge in [-0.25, -0.2) is 4.79 Å². The zero-order valence-electron chi connectivity index (χ0n) is 44.0. The third kappa shape index (κ3) is 15.0. The molecule has 0 amide bonds. The zero-order valence-corrected chi connectivity index (χ0v) is 44.0. The first-order valence-electron chi connectivity index (χ1n) is 26.0. The second-order valence-corrected chi connectivity index (χ2v) is 19.1. The quantitative estimate of drug-likeness (QED) is 0.0230. The molecular formula is C58H68N6O13. The van der Waals surface area contributed by atoms with Crippen LogP contribution in [0.5, 0.6) is 5.75 Å². The van der Waals surface area contributed by atoms with Crippen molar-refractivity contribution < 1.29 is 61.6 Å². The first-order valence-corrected chi connectivity index (χ1v) is 26.0. The van der Waals surface area contributed by atoms with Gasteiger partial charge in [-0.15, -0.1) is 0 Å². The van der Waals surface area contributed by atoms with E-state index in [1.54, 1.807) is 7.11 Å². The van der Waals surface area contributed by atoms with Crippen molar-refractivity contribution in [3.8, 4) is 5.75 Å². The van der Waals surface area contributed by atoms with E-state index >= 15 is 0 Å². The lowest BCUT2D eigenvalue weighted by atomic mass is 9.86. The molecule has 0 spiro atoms. The smallest absolute Gasteiger partial charge is 0.337 e. The Kier molecular flexibility index (Phi) is 21.3. The van der Waals surface area contributed by atoms with Gasteiger partial charge in [0.15, 0.2) is 18.7 Å². The number of esters is 1. The SMILES string of the molecule is CCC1O[C@@H](O[C@H]2C(C(=O)OC)O[C@@H](O[C@H]3C(COCc4ccc(OC)cc4)O[C@@H](C)[C@H](N=[N+]=[N-])C3C)C(OCc3ccccc3)[C@H]2OCc2ccccc2)C(N=[N+]=[N-])[C@@H](OCc2ccccc2)[C@H]1OCc1ccccc1. The molecule has 3 heterocycles. The van der Waals surface area contributed by atoms with Crippen LogP contribution < -0.4 is 4.74 Å². The number of azide groups is 2. The highest BCUT2D eigenvalue weighted by Crippen LogP contribution is 2.40. The van der Waals surface area contributed by atoms with Crippen LogP contribution in [0.4, 0.5) is 0 Å². The van der Waals surface area contributed by atoms with Crippen molar-refractivity contribution in [2.24, 2.45) is 16.1 Å². The normalized spacial score (nSPS) is 29.1. The van der Waals surface area contributed by atoms with Crippen molar-refractivity contribution in [2.75, 3.05) is 20.8 Å². The number of hydrogen-bond acceptors (Lipinski definition) is 15. The summed E-state index contributed by atoms with van der Waals surface area (Å²) in [5, 5.41) is 8.44. The summed E-state index contributed by atoms with van der Waals surface area (Å²) in [7, 11) is 2.85. The van der Waals surface area contributed by atoms with Crippen LogP contribution in [-0.4, -0.2) is 112 Å². The number of rotatable bonds is 25. The number of carbonyl (C=O) groups excluding carboxylic acids is 1. The molecule has 0 saturated carbocycles. The summed E-state index contributed by atoms with van der Waals surface area (Å²) in [5.74, 6) is -0.588. The van der Waals surface area contributed by atoms with Gasteiger partial charge in [-0.05, 0) is 70.3 Å². The molecule has 15 atom stereocenters. The average Bonchev–Trinajstić information content (AvgIpc) is 3.47. The Balaban J connectivity index is 1.17. The molecule has 19 heteroatoms. The molecule has 0 aliphatic carbocycles. The highest BCUT2D eigenvalue weighted by atomic mass is 16.8. The van der Waals surface area contributed by atoms with Gasteiger partial charge in [0.05, 0.1) is 78.2 Å². The fourth-order valence-electron chi connectivity index (χ4n) is 10.0. The minimum Gasteiger partial charge on any atom is -0.497 e. The lowest BCUT2D eigenvalue weighted by molar-refractivity contribution is -0.365. The van der Waals surface area contributed by atoms with Crippen LogP contribution in [0, 0.1) is 5.92 Å². The maximum Gasteiger partial charge on any atom is 0.337 e. The molecule has 3 aliphatic heterocycles. The second-order valence-electron chi connectivity index (χ2n) is 19.1. The van der Waals surface area contributed by atoms with Crippen LogP contribution in [-0.2, 0) is 89.9 Å². The van der Waals surface area contributed by atoms with E-state index in [1.165, 1.54) is 7.11 Å². The fourth-order valence-corrected chi connectivity index (χ4v) is 10.0. The minimum atomic E-state index is -1.56. The first-order chi connectivity index (χ1) is 37.7. The summed E-state index contributed by atoms with van der Waals surface area (Å²) in [6.45, 7) is 6.44. The Morgan fingerprint density at radius 1 is 0.519 bits per heavy atom. The molecule has 0 aromatic heterocycles. The molecule has 6 unspecified atom stereocenters. The molecule has 77 heavy (non-hydrogen) atoms. The van der Waals surface area contributed by atoms with E-state index in [4.69, 9.17) is 56.8 Å². The number of ether oxygens (including phenoxy) is 12. The second kappa shape index (κ2) is 28.8. The number of benzene rings is 5. The van der Waals surface area contributed by atoms with E-state index in [0.29, 0.717) is 12.2 Å². The highest BCUT2D eigenvalue weighted by Gasteiger charge is 2.57. The molecule has 3 aliphatic rings. The fraction of sp³-hybridized carbons (Fsp3) is 0.466. The Labute approximate surface area is 449 Å². The third-order valence-corrected chi connectivity index (χ3v) is 14.0. The molecule has 408 valence electrons. The predicted octanol–water partition coefficient (Wildman–Crippen LogP) is 10.1. The van der Waals surface area contributed by atoms with Gasteiger partial charge < -0.3 is 56.8 Å². The molecule has 0 radical (unpaired) electrons. The summed E-state index contributed by atoms with van der Waals surface area (Å²) in [5.41, 5.74) is 24.4. The number of hydrogen-bond donors (Lipinski definition) is 0. The van der Waals surface area contributed by atoms with Crippen LogP contribution in [0.25, 0.3) is 20.9 Å². The van der Waals surface area contributed by atoms with Crippen molar-refractivity contribution in [3.63, 3.8) is 0 Å². The Hall–Kier alpha value is -6.41. The van der Waals surface area contributed by atoms with Gasteiger partial charge >= 0.3 is 5.97 Å². The number of carbonyl (C=O) groups is 1. The van der Waals surface area contributed by atoms with Gasteiger partial charge in [0.25, 0.3) is 0 Å².